The third-order valence-electron chi connectivity index (χ3n) is 10.1. The highest BCUT2D eigenvalue weighted by Crippen LogP contribution is 2.32. The number of ether oxygens (including phenoxy) is 1. The summed E-state index contributed by atoms with van der Waals surface area (Å²) in [6.45, 7) is 13.5. The topological polar surface area (TPSA) is 115 Å². The number of hydrogen-bond acceptors (Lipinski definition) is 9. The summed E-state index contributed by atoms with van der Waals surface area (Å²) in [6, 6.07) is 11.5. The minimum atomic E-state index is -0.842. The summed E-state index contributed by atoms with van der Waals surface area (Å²) in [5, 5.41) is 7.37. The van der Waals surface area contributed by atoms with Crippen molar-refractivity contribution in [3.8, 4) is 16.8 Å². The number of nitrogens with zero attached hydrogens (tertiary/aromatic N) is 6. The average Bonchev–Trinajstić information content (AvgIpc) is 3.07. The number of piperazine rings is 1. The van der Waals surface area contributed by atoms with Gasteiger partial charge in [-0.05, 0) is 66.8 Å². The number of pyridine rings is 2. The zero-order valence-corrected chi connectivity index (χ0v) is 30.0. The number of hydrogen-bond donors (Lipinski definition) is 1. The monoisotopic (exact) mass is 709 g/mol. The zero-order valence-electron chi connectivity index (χ0n) is 30.0. The zero-order chi connectivity index (χ0) is 37.1. The molecule has 3 aromatic heterocycles. The van der Waals surface area contributed by atoms with Gasteiger partial charge in [-0.1, -0.05) is 20.8 Å². The Morgan fingerprint density at radius 1 is 0.962 bits per heavy atom. The van der Waals surface area contributed by atoms with Gasteiger partial charge >= 0.3 is 0 Å². The molecular formula is C39H41F2N7O4. The van der Waals surface area contributed by atoms with Crippen LogP contribution in [-0.4, -0.2) is 74.9 Å². The molecule has 0 saturated carbocycles. The van der Waals surface area contributed by atoms with E-state index in [4.69, 9.17) is 4.74 Å². The molecule has 0 amide bonds. The van der Waals surface area contributed by atoms with Crippen LogP contribution in [0.5, 0.6) is 0 Å². The van der Waals surface area contributed by atoms with E-state index in [1.807, 2.05) is 26.8 Å². The molecule has 0 bridgehead atoms. The summed E-state index contributed by atoms with van der Waals surface area (Å²) < 4.78 is 38.3. The van der Waals surface area contributed by atoms with Gasteiger partial charge in [0.15, 0.2) is 6.29 Å². The average molecular weight is 710 g/mol. The Bertz CT molecular complexity index is 2310. The van der Waals surface area contributed by atoms with Crippen molar-refractivity contribution in [2.75, 3.05) is 36.5 Å². The van der Waals surface area contributed by atoms with Crippen LogP contribution in [0.15, 0.2) is 70.6 Å². The van der Waals surface area contributed by atoms with Crippen molar-refractivity contribution in [1.29, 1.82) is 0 Å². The number of nitrogens with one attached hydrogen (secondary N) is 1. The van der Waals surface area contributed by atoms with Crippen LogP contribution in [0.25, 0.3) is 27.6 Å². The molecule has 5 heterocycles. The fourth-order valence-corrected chi connectivity index (χ4v) is 7.13. The van der Waals surface area contributed by atoms with Gasteiger partial charge in [0.25, 0.3) is 11.1 Å². The Hall–Kier alpha value is -5.27. The minimum Gasteiger partial charge on any atom is -0.378 e. The molecule has 2 unspecified atom stereocenters. The third kappa shape index (κ3) is 6.39. The number of carbonyl (C=O) groups excluding carboxylic acids is 1. The van der Waals surface area contributed by atoms with Gasteiger partial charge in [0.1, 0.15) is 23.1 Å². The molecule has 0 aliphatic carbocycles. The highest BCUT2D eigenvalue weighted by atomic mass is 19.1. The molecule has 13 heteroatoms. The first-order valence-corrected chi connectivity index (χ1v) is 17.3. The van der Waals surface area contributed by atoms with E-state index in [2.05, 4.69) is 39.0 Å². The first kappa shape index (κ1) is 35.1. The molecule has 0 spiro atoms. The maximum atomic E-state index is 15.4. The molecule has 52 heavy (non-hydrogen) atoms. The van der Waals surface area contributed by atoms with Crippen molar-refractivity contribution in [1.82, 2.24) is 24.2 Å². The summed E-state index contributed by atoms with van der Waals surface area (Å²) in [5.74, 6) is -1.09. The van der Waals surface area contributed by atoms with Crippen molar-refractivity contribution in [2.24, 2.45) is 7.05 Å². The second-order valence-corrected chi connectivity index (χ2v) is 14.9. The Kier molecular flexibility index (Phi) is 9.04. The lowest BCUT2D eigenvalue weighted by Crippen LogP contribution is -2.63. The van der Waals surface area contributed by atoms with Crippen LogP contribution >= 0.6 is 0 Å². The molecule has 0 radical (unpaired) electrons. The molecule has 11 nitrogen and oxygen atoms in total. The molecule has 2 aliphatic heterocycles. The fraction of sp³-hybridized carbons (Fsp3) is 0.359. The van der Waals surface area contributed by atoms with E-state index in [0.29, 0.717) is 35.3 Å². The molecular weight excluding hydrogens is 668 g/mol. The van der Waals surface area contributed by atoms with E-state index in [-0.39, 0.29) is 50.3 Å². The van der Waals surface area contributed by atoms with Gasteiger partial charge in [0, 0.05) is 61.0 Å². The largest absolute Gasteiger partial charge is 0.378 e. The predicted octanol–water partition coefficient (Wildman–Crippen LogP) is 5.58. The fourth-order valence-electron chi connectivity index (χ4n) is 7.13. The number of carbonyl (C=O) groups is 1. The summed E-state index contributed by atoms with van der Waals surface area (Å²) in [6.07, 6.45) is 5.05. The van der Waals surface area contributed by atoms with Crippen molar-refractivity contribution in [3.05, 3.63) is 105 Å². The number of anilines is 3. The molecule has 2 saturated heterocycles. The van der Waals surface area contributed by atoms with Crippen molar-refractivity contribution < 1.29 is 18.3 Å². The first-order chi connectivity index (χ1) is 24.7. The standard InChI is InChI=1S/C39H41F2N7O4/c1-22-17-47(29-20-52-21-29)23(2)16-46(22)28-7-8-35(42-15-28)44-33-10-25(18-45(6)37(33)50)30-12-27(40)13-34(31(30)19-49)48-38(51)36-24(14-43-48)9-26(11-32(36)41)39(3,4)5/h7-15,18-19,22-23,29H,16-17,20-21H2,1-6H3,(H,42,44). The van der Waals surface area contributed by atoms with Crippen molar-refractivity contribution in [2.45, 2.75) is 58.2 Å². The normalized spacial score (nSPS) is 18.4. The lowest BCUT2D eigenvalue weighted by molar-refractivity contribution is -0.0828. The quantitative estimate of drug-likeness (QED) is 0.217. The van der Waals surface area contributed by atoms with Crippen LogP contribution in [-0.2, 0) is 17.2 Å². The van der Waals surface area contributed by atoms with Gasteiger partial charge in [-0.25, -0.2) is 13.8 Å². The number of aromatic nitrogens is 4. The number of rotatable bonds is 7. The second kappa shape index (κ2) is 13.4. The van der Waals surface area contributed by atoms with Crippen molar-refractivity contribution >= 4 is 34.3 Å². The van der Waals surface area contributed by atoms with Crippen LogP contribution in [0, 0.1) is 11.6 Å². The lowest BCUT2D eigenvalue weighted by Gasteiger charge is -2.50. The smallest absolute Gasteiger partial charge is 0.282 e. The van der Waals surface area contributed by atoms with Crippen molar-refractivity contribution in [3.63, 3.8) is 0 Å². The lowest BCUT2D eigenvalue weighted by atomic mass is 9.86. The Balaban J connectivity index is 1.21. The van der Waals surface area contributed by atoms with Crippen LogP contribution in [0.2, 0.25) is 0 Å². The number of aldehydes is 1. The van der Waals surface area contributed by atoms with Gasteiger partial charge in [0.2, 0.25) is 0 Å². The van der Waals surface area contributed by atoms with E-state index >= 15 is 8.78 Å². The number of halogens is 2. The van der Waals surface area contributed by atoms with Crippen LogP contribution in [0.1, 0.15) is 50.5 Å². The first-order valence-electron chi connectivity index (χ1n) is 17.3. The molecule has 5 aromatic rings. The van der Waals surface area contributed by atoms with E-state index in [9.17, 15) is 14.4 Å². The number of benzene rings is 2. The molecule has 2 fully saturated rings. The van der Waals surface area contributed by atoms with Crippen LogP contribution in [0.4, 0.5) is 26.0 Å². The summed E-state index contributed by atoms with van der Waals surface area (Å²) in [7, 11) is 1.54. The van der Waals surface area contributed by atoms with Crippen LogP contribution in [0.3, 0.4) is 0 Å². The Labute approximate surface area is 299 Å². The molecule has 2 aromatic carbocycles. The van der Waals surface area contributed by atoms with Gasteiger partial charge in [-0.2, -0.15) is 9.78 Å². The van der Waals surface area contributed by atoms with Gasteiger partial charge in [-0.3, -0.25) is 19.3 Å². The second-order valence-electron chi connectivity index (χ2n) is 14.9. The third-order valence-corrected chi connectivity index (χ3v) is 10.1. The van der Waals surface area contributed by atoms with Gasteiger partial charge < -0.3 is 19.5 Å². The van der Waals surface area contributed by atoms with E-state index < -0.39 is 17.2 Å². The number of aryl methyl sites for hydroxylation is 1. The van der Waals surface area contributed by atoms with E-state index in [0.717, 1.165) is 48.8 Å². The predicted molar refractivity (Wildman–Crippen MR) is 197 cm³/mol. The van der Waals surface area contributed by atoms with Gasteiger partial charge in [0.05, 0.1) is 48.4 Å². The summed E-state index contributed by atoms with van der Waals surface area (Å²) in [4.78, 5) is 49.0. The Morgan fingerprint density at radius 3 is 2.38 bits per heavy atom. The molecule has 1 N–H and O–H groups in total. The SMILES string of the molecule is CC1CN(C2COC2)C(C)CN1c1ccc(Nc2cc(-c3cc(F)cc(-n4ncc5cc(C(C)(C)C)cc(F)c5c4=O)c3C=O)cn(C)c2=O)nc1. The van der Waals surface area contributed by atoms with Crippen LogP contribution < -0.4 is 21.3 Å². The van der Waals surface area contributed by atoms with Gasteiger partial charge in [-0.15, -0.1) is 0 Å². The highest BCUT2D eigenvalue weighted by Gasteiger charge is 2.36. The molecule has 270 valence electrons. The molecule has 7 rings (SSSR count). The maximum absolute atomic E-state index is 15.4. The Morgan fingerprint density at radius 2 is 1.73 bits per heavy atom. The number of fused-ring (bicyclic) bond motifs is 1. The van der Waals surface area contributed by atoms with E-state index in [1.54, 1.807) is 18.3 Å². The minimum absolute atomic E-state index is 0.0672. The highest BCUT2D eigenvalue weighted by molar-refractivity contribution is 5.93. The molecule has 2 atom stereocenters. The maximum Gasteiger partial charge on any atom is 0.282 e. The molecule has 2 aliphatic rings. The summed E-state index contributed by atoms with van der Waals surface area (Å²) >= 11 is 0. The van der Waals surface area contributed by atoms with E-state index in [1.165, 1.54) is 36.1 Å². The summed E-state index contributed by atoms with van der Waals surface area (Å²) in [5.41, 5.74) is 0.377.